The van der Waals surface area contributed by atoms with E-state index in [1.54, 1.807) is 0 Å². The third-order valence-corrected chi connectivity index (χ3v) is 8.03. The topological polar surface area (TPSA) is 71.1 Å². The van der Waals surface area contributed by atoms with E-state index in [1.807, 2.05) is 6.92 Å². The lowest BCUT2D eigenvalue weighted by Gasteiger charge is -2.47. The third kappa shape index (κ3) is 3.60. The van der Waals surface area contributed by atoms with Gasteiger partial charge in [-0.3, -0.25) is 9.59 Å². The second-order valence-corrected chi connectivity index (χ2v) is 10.3. The molecular formula is C24H36O6. The highest BCUT2D eigenvalue weighted by atomic mass is 16.6. The van der Waals surface area contributed by atoms with Crippen LogP contribution in [0.15, 0.2) is 11.6 Å². The minimum absolute atomic E-state index is 0.0323. The second kappa shape index (κ2) is 7.94. The number of ether oxygens (including phenoxy) is 4. The minimum atomic E-state index is -0.741. The van der Waals surface area contributed by atoms with E-state index in [0.717, 1.165) is 12.8 Å². The van der Waals surface area contributed by atoms with Crippen molar-refractivity contribution in [2.24, 2.45) is 29.6 Å². The van der Waals surface area contributed by atoms with E-state index in [0.29, 0.717) is 24.9 Å². The predicted octanol–water partition coefficient (Wildman–Crippen LogP) is 3.67. The molecule has 2 bridgehead atoms. The first-order valence-corrected chi connectivity index (χ1v) is 11.4. The highest BCUT2D eigenvalue weighted by Crippen LogP contribution is 2.57. The van der Waals surface area contributed by atoms with Gasteiger partial charge in [0.25, 0.3) is 0 Å². The van der Waals surface area contributed by atoms with Crippen LogP contribution >= 0.6 is 0 Å². The molecule has 1 unspecified atom stereocenters. The van der Waals surface area contributed by atoms with Gasteiger partial charge in [-0.15, -0.1) is 0 Å². The molecule has 0 amide bonds. The zero-order valence-corrected chi connectivity index (χ0v) is 19.1. The number of rotatable bonds is 2. The van der Waals surface area contributed by atoms with Gasteiger partial charge < -0.3 is 18.9 Å². The van der Waals surface area contributed by atoms with Crippen molar-refractivity contribution in [3.63, 3.8) is 0 Å². The van der Waals surface area contributed by atoms with Gasteiger partial charge in [0.15, 0.2) is 0 Å². The Morgan fingerprint density at radius 2 is 1.80 bits per heavy atom. The van der Waals surface area contributed by atoms with E-state index < -0.39 is 11.7 Å². The fourth-order valence-electron chi connectivity index (χ4n) is 6.66. The monoisotopic (exact) mass is 420 g/mol. The predicted molar refractivity (Wildman–Crippen MR) is 111 cm³/mol. The Morgan fingerprint density at radius 1 is 1.10 bits per heavy atom. The maximum absolute atomic E-state index is 12.0. The van der Waals surface area contributed by atoms with Gasteiger partial charge in [-0.1, -0.05) is 25.5 Å². The standard InChI is InChI=1S/C24H36O6/c1-12-7-8-19(28-15(4)25)24(6)23-20-17(14(3)11-27-24)10-13(2)22(29-16(5)26)21(20)18(9-12)30-23/h7,13-14,17-23H,8-11H2,1-6H3/b12-7-/t13-,14+,17?,18+,19-,20+,21+,22-,23+,24+/m1/s1. The molecule has 0 spiro atoms. The number of hydrogen-bond acceptors (Lipinski definition) is 6. The molecule has 30 heavy (non-hydrogen) atoms. The molecule has 0 radical (unpaired) electrons. The summed E-state index contributed by atoms with van der Waals surface area (Å²) >= 11 is 0. The summed E-state index contributed by atoms with van der Waals surface area (Å²) in [6, 6.07) is 0. The Balaban J connectivity index is 1.82. The molecule has 0 N–H and O–H groups in total. The molecule has 3 fully saturated rings. The summed E-state index contributed by atoms with van der Waals surface area (Å²) in [4.78, 5) is 23.9. The fourth-order valence-corrected chi connectivity index (χ4v) is 6.66. The molecule has 0 aromatic heterocycles. The Bertz CT molecular complexity index is 731. The molecule has 2 saturated heterocycles. The maximum Gasteiger partial charge on any atom is 0.303 e. The Morgan fingerprint density at radius 3 is 2.47 bits per heavy atom. The van der Waals surface area contributed by atoms with Crippen molar-refractivity contribution >= 4 is 11.9 Å². The van der Waals surface area contributed by atoms with E-state index >= 15 is 0 Å². The van der Waals surface area contributed by atoms with Crippen LogP contribution in [0.2, 0.25) is 0 Å². The molecule has 3 heterocycles. The van der Waals surface area contributed by atoms with Crippen LogP contribution in [-0.4, -0.2) is 48.6 Å². The lowest BCUT2D eigenvalue weighted by Crippen LogP contribution is -2.57. The van der Waals surface area contributed by atoms with Crippen LogP contribution in [0.3, 0.4) is 0 Å². The van der Waals surface area contributed by atoms with Crippen molar-refractivity contribution in [1.29, 1.82) is 0 Å². The van der Waals surface area contributed by atoms with Gasteiger partial charge in [0.2, 0.25) is 0 Å². The van der Waals surface area contributed by atoms with Crippen LogP contribution in [0.5, 0.6) is 0 Å². The number of carbonyl (C=O) groups is 2. The smallest absolute Gasteiger partial charge is 0.303 e. The van der Waals surface area contributed by atoms with Gasteiger partial charge in [0, 0.05) is 32.1 Å². The SMILES string of the molecule is CC(=O)O[C@H]1[C@@H]2[C@@H]3C(C[C@H]1C)[C@@H](C)CO[C@@]1(C)[C@H](OC(C)=O)C/C=C(/C)C[C@@H]2O[C@@H]31. The molecule has 4 aliphatic rings. The van der Waals surface area contributed by atoms with Crippen molar-refractivity contribution in [2.75, 3.05) is 6.61 Å². The number of hydrogen-bond donors (Lipinski definition) is 0. The van der Waals surface area contributed by atoms with Crippen molar-refractivity contribution < 1.29 is 28.5 Å². The van der Waals surface area contributed by atoms with Gasteiger partial charge in [-0.25, -0.2) is 0 Å². The van der Waals surface area contributed by atoms with E-state index in [-0.39, 0.29) is 48.0 Å². The average Bonchev–Trinajstić information content (AvgIpc) is 3.00. The number of carbonyl (C=O) groups excluding carboxylic acids is 2. The van der Waals surface area contributed by atoms with Gasteiger partial charge in [0.1, 0.15) is 17.8 Å². The van der Waals surface area contributed by atoms with Crippen LogP contribution in [0.1, 0.15) is 60.8 Å². The summed E-state index contributed by atoms with van der Waals surface area (Å²) in [5.41, 5.74) is 0.471. The third-order valence-electron chi connectivity index (χ3n) is 8.03. The zero-order valence-electron chi connectivity index (χ0n) is 19.1. The largest absolute Gasteiger partial charge is 0.462 e. The first-order chi connectivity index (χ1) is 14.1. The van der Waals surface area contributed by atoms with Gasteiger partial charge in [0.05, 0.1) is 18.8 Å². The van der Waals surface area contributed by atoms with Gasteiger partial charge in [-0.05, 0) is 44.4 Å². The Hall–Kier alpha value is -1.40. The molecule has 6 heteroatoms. The molecule has 10 atom stereocenters. The van der Waals surface area contributed by atoms with Crippen LogP contribution in [-0.2, 0) is 28.5 Å². The highest BCUT2D eigenvalue weighted by Gasteiger charge is 2.65. The Labute approximate surface area is 179 Å². The van der Waals surface area contributed by atoms with Crippen LogP contribution < -0.4 is 0 Å². The molecule has 0 aromatic carbocycles. The normalized spacial score (nSPS) is 49.5. The lowest BCUT2D eigenvalue weighted by molar-refractivity contribution is -0.200. The van der Waals surface area contributed by atoms with E-state index in [1.165, 1.54) is 19.4 Å². The first kappa shape index (κ1) is 21.8. The molecule has 168 valence electrons. The molecule has 0 aromatic rings. The molecular weight excluding hydrogens is 384 g/mol. The van der Waals surface area contributed by atoms with Gasteiger partial charge in [-0.2, -0.15) is 0 Å². The number of fused-ring (bicyclic) bond motifs is 2. The van der Waals surface area contributed by atoms with Crippen molar-refractivity contribution in [3.8, 4) is 0 Å². The van der Waals surface area contributed by atoms with Crippen molar-refractivity contribution in [1.82, 2.24) is 0 Å². The quantitative estimate of drug-likeness (QED) is 0.501. The van der Waals surface area contributed by atoms with E-state index in [2.05, 4.69) is 26.8 Å². The lowest BCUT2D eigenvalue weighted by atomic mass is 9.59. The molecule has 6 nitrogen and oxygen atoms in total. The van der Waals surface area contributed by atoms with Crippen LogP contribution in [0.25, 0.3) is 0 Å². The second-order valence-electron chi connectivity index (χ2n) is 10.3. The fraction of sp³-hybridized carbons (Fsp3) is 0.833. The summed E-state index contributed by atoms with van der Waals surface area (Å²) in [5.74, 6) is 0.856. The van der Waals surface area contributed by atoms with E-state index in [4.69, 9.17) is 18.9 Å². The van der Waals surface area contributed by atoms with Crippen molar-refractivity contribution in [2.45, 2.75) is 90.8 Å². The molecule has 1 saturated carbocycles. The summed E-state index contributed by atoms with van der Waals surface area (Å²) in [6.07, 6.45) is 3.75. The highest BCUT2D eigenvalue weighted by molar-refractivity contribution is 5.66. The molecule has 3 aliphatic heterocycles. The summed E-state index contributed by atoms with van der Waals surface area (Å²) in [5, 5.41) is 0. The summed E-state index contributed by atoms with van der Waals surface area (Å²) in [7, 11) is 0. The van der Waals surface area contributed by atoms with Crippen molar-refractivity contribution in [3.05, 3.63) is 11.6 Å². The average molecular weight is 421 g/mol. The minimum Gasteiger partial charge on any atom is -0.462 e. The Kier molecular flexibility index (Phi) is 5.77. The summed E-state index contributed by atoms with van der Waals surface area (Å²) < 4.78 is 25.1. The van der Waals surface area contributed by atoms with Gasteiger partial charge >= 0.3 is 11.9 Å². The van der Waals surface area contributed by atoms with E-state index in [9.17, 15) is 9.59 Å². The van der Waals surface area contributed by atoms with Crippen LogP contribution in [0.4, 0.5) is 0 Å². The maximum atomic E-state index is 12.0. The number of esters is 2. The molecule has 4 rings (SSSR count). The zero-order chi connectivity index (χ0) is 21.8. The summed E-state index contributed by atoms with van der Waals surface area (Å²) in [6.45, 7) is 12.2. The first-order valence-electron chi connectivity index (χ1n) is 11.4. The van der Waals surface area contributed by atoms with Crippen LogP contribution in [0, 0.1) is 29.6 Å². The molecule has 1 aliphatic carbocycles.